The number of methoxy groups -OCH3 is 2. The molecule has 0 bridgehead atoms. The standard InChI is InChI=1S/C18H19ClFNO2/c1-11(2)16-15(22-3)10-12(17(20)18(16)23-4)7-8-14-13(19)6-5-9-21-14/h5-11H,1-4H3/b8-7+. The lowest BCUT2D eigenvalue weighted by atomic mass is 9.97. The van der Waals surface area contributed by atoms with Gasteiger partial charge in [0.15, 0.2) is 11.6 Å². The molecule has 0 unspecified atom stereocenters. The Bertz CT molecular complexity index is 729. The first kappa shape index (κ1) is 17.3. The molecule has 0 saturated heterocycles. The van der Waals surface area contributed by atoms with Crippen molar-refractivity contribution in [3.05, 3.63) is 52.1 Å². The Balaban J connectivity index is 2.53. The van der Waals surface area contributed by atoms with Gasteiger partial charge in [-0.05, 0) is 36.3 Å². The van der Waals surface area contributed by atoms with Crippen LogP contribution >= 0.6 is 11.6 Å². The van der Waals surface area contributed by atoms with Gasteiger partial charge in [0.1, 0.15) is 5.75 Å². The smallest absolute Gasteiger partial charge is 0.172 e. The average Bonchev–Trinajstić information content (AvgIpc) is 2.54. The van der Waals surface area contributed by atoms with Gasteiger partial charge in [-0.25, -0.2) is 4.39 Å². The lowest BCUT2D eigenvalue weighted by Gasteiger charge is -2.18. The van der Waals surface area contributed by atoms with Gasteiger partial charge in [-0.1, -0.05) is 25.4 Å². The van der Waals surface area contributed by atoms with Crippen LogP contribution in [0.4, 0.5) is 4.39 Å². The molecule has 0 amide bonds. The van der Waals surface area contributed by atoms with Crippen LogP contribution in [0.25, 0.3) is 12.2 Å². The summed E-state index contributed by atoms with van der Waals surface area (Å²) in [5.74, 6) is 0.425. The lowest BCUT2D eigenvalue weighted by molar-refractivity contribution is 0.362. The summed E-state index contributed by atoms with van der Waals surface area (Å²) < 4.78 is 25.4. The van der Waals surface area contributed by atoms with E-state index in [1.54, 1.807) is 43.7 Å². The van der Waals surface area contributed by atoms with E-state index in [0.717, 1.165) is 0 Å². The fourth-order valence-electron chi connectivity index (χ4n) is 2.37. The molecule has 2 rings (SSSR count). The Morgan fingerprint density at radius 3 is 2.52 bits per heavy atom. The zero-order chi connectivity index (χ0) is 17.0. The molecule has 1 heterocycles. The summed E-state index contributed by atoms with van der Waals surface area (Å²) >= 11 is 6.06. The third kappa shape index (κ3) is 3.64. The van der Waals surface area contributed by atoms with Crippen molar-refractivity contribution < 1.29 is 13.9 Å². The van der Waals surface area contributed by atoms with Gasteiger partial charge in [0, 0.05) is 17.3 Å². The van der Waals surface area contributed by atoms with Crippen LogP contribution in [0.5, 0.6) is 11.5 Å². The monoisotopic (exact) mass is 335 g/mol. The van der Waals surface area contributed by atoms with Gasteiger partial charge in [0.25, 0.3) is 0 Å². The Hall–Kier alpha value is -2.07. The highest BCUT2D eigenvalue weighted by atomic mass is 35.5. The van der Waals surface area contributed by atoms with Crippen molar-refractivity contribution >= 4 is 23.8 Å². The fourth-order valence-corrected chi connectivity index (χ4v) is 2.55. The average molecular weight is 336 g/mol. The summed E-state index contributed by atoms with van der Waals surface area (Å²) in [6.45, 7) is 3.92. The quantitative estimate of drug-likeness (QED) is 0.754. The minimum Gasteiger partial charge on any atom is -0.496 e. The highest BCUT2D eigenvalue weighted by Crippen LogP contribution is 2.39. The molecular formula is C18H19ClFNO2. The summed E-state index contributed by atoms with van der Waals surface area (Å²) in [5, 5.41) is 0.502. The van der Waals surface area contributed by atoms with E-state index in [9.17, 15) is 4.39 Å². The highest BCUT2D eigenvalue weighted by Gasteiger charge is 2.21. The first-order valence-corrected chi connectivity index (χ1v) is 7.60. The van der Waals surface area contributed by atoms with Gasteiger partial charge in [-0.2, -0.15) is 0 Å². The van der Waals surface area contributed by atoms with Gasteiger partial charge in [0.05, 0.1) is 24.9 Å². The van der Waals surface area contributed by atoms with Gasteiger partial charge in [-0.15, -0.1) is 0 Å². The zero-order valence-electron chi connectivity index (χ0n) is 13.6. The van der Waals surface area contributed by atoms with Crippen molar-refractivity contribution in [1.29, 1.82) is 0 Å². The normalized spacial score (nSPS) is 11.3. The van der Waals surface area contributed by atoms with Crippen LogP contribution in [0.2, 0.25) is 5.02 Å². The lowest BCUT2D eigenvalue weighted by Crippen LogP contribution is -2.03. The first-order valence-electron chi connectivity index (χ1n) is 7.22. The molecule has 1 aromatic heterocycles. The molecular weight excluding hydrogens is 317 g/mol. The van der Waals surface area contributed by atoms with E-state index in [4.69, 9.17) is 21.1 Å². The number of halogens is 2. The first-order chi connectivity index (χ1) is 11.0. The zero-order valence-corrected chi connectivity index (χ0v) is 14.3. The number of rotatable bonds is 5. The molecule has 0 fully saturated rings. The Kier molecular flexibility index (Phi) is 5.61. The molecule has 2 aromatic rings. The number of aromatic nitrogens is 1. The van der Waals surface area contributed by atoms with E-state index in [2.05, 4.69) is 4.98 Å². The number of pyridine rings is 1. The number of ether oxygens (including phenoxy) is 2. The number of nitrogens with zero attached hydrogens (tertiary/aromatic N) is 1. The van der Waals surface area contributed by atoms with E-state index >= 15 is 0 Å². The van der Waals surface area contributed by atoms with Crippen molar-refractivity contribution in [2.75, 3.05) is 14.2 Å². The summed E-state index contributed by atoms with van der Waals surface area (Å²) in [7, 11) is 3.01. The Morgan fingerprint density at radius 2 is 1.96 bits per heavy atom. The Morgan fingerprint density at radius 1 is 1.22 bits per heavy atom. The van der Waals surface area contributed by atoms with Crippen molar-refractivity contribution in [3.63, 3.8) is 0 Å². The molecule has 1 aromatic carbocycles. The molecule has 0 aliphatic carbocycles. The SMILES string of the molecule is COc1cc(/C=C/c2ncccc2Cl)c(F)c(OC)c1C(C)C. The maximum absolute atomic E-state index is 14.7. The molecule has 122 valence electrons. The van der Waals surface area contributed by atoms with Crippen LogP contribution in [0.15, 0.2) is 24.4 Å². The second kappa shape index (κ2) is 7.47. The van der Waals surface area contributed by atoms with Gasteiger partial charge in [0.2, 0.25) is 0 Å². The van der Waals surface area contributed by atoms with Crippen LogP contribution in [-0.4, -0.2) is 19.2 Å². The minimum atomic E-state index is -0.430. The molecule has 23 heavy (non-hydrogen) atoms. The minimum absolute atomic E-state index is 0.0673. The molecule has 3 nitrogen and oxygen atoms in total. The molecule has 0 aliphatic heterocycles. The number of hydrogen-bond acceptors (Lipinski definition) is 3. The van der Waals surface area contributed by atoms with E-state index in [1.165, 1.54) is 7.11 Å². The second-order valence-corrected chi connectivity index (χ2v) is 5.69. The second-order valence-electron chi connectivity index (χ2n) is 5.29. The van der Waals surface area contributed by atoms with E-state index in [0.29, 0.717) is 27.6 Å². The summed E-state index contributed by atoms with van der Waals surface area (Å²) in [4.78, 5) is 4.15. The van der Waals surface area contributed by atoms with Crippen LogP contribution < -0.4 is 9.47 Å². The maximum Gasteiger partial charge on any atom is 0.172 e. The van der Waals surface area contributed by atoms with Gasteiger partial charge >= 0.3 is 0 Å². The summed E-state index contributed by atoms with van der Waals surface area (Å²) in [5.41, 5.74) is 1.63. The van der Waals surface area contributed by atoms with E-state index in [1.807, 2.05) is 13.8 Å². The third-order valence-electron chi connectivity index (χ3n) is 3.46. The maximum atomic E-state index is 14.7. The molecule has 0 saturated carbocycles. The largest absolute Gasteiger partial charge is 0.496 e. The number of hydrogen-bond donors (Lipinski definition) is 0. The van der Waals surface area contributed by atoms with Crippen molar-refractivity contribution in [3.8, 4) is 11.5 Å². The van der Waals surface area contributed by atoms with Crippen LogP contribution in [0, 0.1) is 5.82 Å². The van der Waals surface area contributed by atoms with Crippen molar-refractivity contribution in [2.45, 2.75) is 19.8 Å². The molecule has 0 atom stereocenters. The molecule has 0 radical (unpaired) electrons. The molecule has 0 aliphatic rings. The number of benzene rings is 1. The molecule has 5 heteroatoms. The van der Waals surface area contributed by atoms with Crippen molar-refractivity contribution in [1.82, 2.24) is 4.98 Å². The fraction of sp³-hybridized carbons (Fsp3) is 0.278. The predicted molar refractivity (Wildman–Crippen MR) is 91.8 cm³/mol. The molecule has 0 spiro atoms. The van der Waals surface area contributed by atoms with Gasteiger partial charge < -0.3 is 9.47 Å². The topological polar surface area (TPSA) is 31.4 Å². The summed E-state index contributed by atoms with van der Waals surface area (Å²) in [6, 6.07) is 5.12. The predicted octanol–water partition coefficient (Wildman–Crippen LogP) is 5.19. The van der Waals surface area contributed by atoms with Crippen LogP contribution in [0.3, 0.4) is 0 Å². The third-order valence-corrected chi connectivity index (χ3v) is 3.78. The van der Waals surface area contributed by atoms with Crippen LogP contribution in [0.1, 0.15) is 36.6 Å². The highest BCUT2D eigenvalue weighted by molar-refractivity contribution is 6.31. The van der Waals surface area contributed by atoms with Gasteiger partial charge in [-0.3, -0.25) is 4.98 Å². The van der Waals surface area contributed by atoms with E-state index < -0.39 is 5.82 Å². The van der Waals surface area contributed by atoms with E-state index in [-0.39, 0.29) is 11.7 Å². The van der Waals surface area contributed by atoms with Crippen molar-refractivity contribution in [2.24, 2.45) is 0 Å². The summed E-state index contributed by atoms with van der Waals surface area (Å²) in [6.07, 6.45) is 4.90. The Labute approximate surface area is 140 Å². The van der Waals surface area contributed by atoms with Crippen LogP contribution in [-0.2, 0) is 0 Å². The molecule has 0 N–H and O–H groups in total.